The van der Waals surface area contributed by atoms with E-state index in [1.807, 2.05) is 6.07 Å². The molecule has 0 aliphatic rings. The van der Waals surface area contributed by atoms with Crippen molar-refractivity contribution in [2.75, 3.05) is 4.90 Å². The van der Waals surface area contributed by atoms with Gasteiger partial charge in [-0.3, -0.25) is 0 Å². The molecule has 0 radical (unpaired) electrons. The largest absolute Gasteiger partial charge is 0.455 e. The third-order valence-corrected chi connectivity index (χ3v) is 9.71. The van der Waals surface area contributed by atoms with Crippen molar-refractivity contribution in [3.8, 4) is 55.8 Å². The molecular weight excluding hydrogens is 631 g/mol. The summed E-state index contributed by atoms with van der Waals surface area (Å²) >= 11 is 0. The first-order valence-corrected chi connectivity index (χ1v) is 17.7. The first-order chi connectivity index (χ1) is 25.8. The molecule has 0 unspecified atom stereocenters. The van der Waals surface area contributed by atoms with Crippen molar-refractivity contribution in [3.63, 3.8) is 0 Å². The molecule has 0 aliphatic heterocycles. The second-order valence-corrected chi connectivity index (χ2v) is 12.9. The number of para-hydroxylation sites is 2. The number of anilines is 3. The van der Waals surface area contributed by atoms with E-state index in [0.717, 1.165) is 50.5 Å². The van der Waals surface area contributed by atoms with Crippen LogP contribution in [0.5, 0.6) is 0 Å². The topological polar surface area (TPSA) is 16.4 Å². The van der Waals surface area contributed by atoms with E-state index in [0.29, 0.717) is 0 Å². The van der Waals surface area contributed by atoms with Gasteiger partial charge in [0.05, 0.1) is 5.69 Å². The summed E-state index contributed by atoms with van der Waals surface area (Å²) in [6.45, 7) is 0. The summed E-state index contributed by atoms with van der Waals surface area (Å²) < 4.78 is 6.88. The Labute approximate surface area is 304 Å². The molecule has 0 aliphatic carbocycles. The molecular formula is C50H35NO. The second kappa shape index (κ2) is 13.8. The average molecular weight is 666 g/mol. The van der Waals surface area contributed by atoms with Crippen molar-refractivity contribution in [1.29, 1.82) is 0 Å². The molecule has 8 aromatic carbocycles. The fraction of sp³-hybridized carbons (Fsp3) is 0. The van der Waals surface area contributed by atoms with Crippen LogP contribution in [-0.2, 0) is 0 Å². The van der Waals surface area contributed by atoms with Crippen LogP contribution in [0.4, 0.5) is 17.1 Å². The highest BCUT2D eigenvalue weighted by atomic mass is 16.3. The van der Waals surface area contributed by atoms with E-state index in [-0.39, 0.29) is 0 Å². The van der Waals surface area contributed by atoms with Crippen LogP contribution in [0.15, 0.2) is 217 Å². The Morgan fingerprint density at radius 3 is 1.37 bits per heavy atom. The maximum Gasteiger partial charge on any atom is 0.145 e. The van der Waals surface area contributed by atoms with Gasteiger partial charge in [-0.1, -0.05) is 164 Å². The maximum atomic E-state index is 6.88. The van der Waals surface area contributed by atoms with Gasteiger partial charge in [0.1, 0.15) is 11.3 Å². The lowest BCUT2D eigenvalue weighted by atomic mass is 9.94. The number of nitrogens with zero attached hydrogens (tertiary/aromatic N) is 1. The van der Waals surface area contributed by atoms with Crippen LogP contribution in [-0.4, -0.2) is 0 Å². The van der Waals surface area contributed by atoms with Crippen molar-refractivity contribution in [3.05, 3.63) is 212 Å². The minimum atomic E-state index is 0.842. The summed E-state index contributed by atoms with van der Waals surface area (Å²) in [7, 11) is 0. The SMILES string of the molecule is c1ccc(-c2ccc(N(c3ccc(-c4ccccc4)cc3)c3ccccc3-c3oc4ccccc4c3-c3cccc(-c4ccccc4)c3)cc2)cc1. The van der Waals surface area contributed by atoms with E-state index in [1.54, 1.807) is 0 Å². The molecule has 0 saturated carbocycles. The second-order valence-electron chi connectivity index (χ2n) is 12.9. The van der Waals surface area contributed by atoms with Crippen molar-refractivity contribution in [2.45, 2.75) is 0 Å². The Hall–Kier alpha value is -6.90. The molecule has 2 heteroatoms. The Morgan fingerprint density at radius 1 is 0.327 bits per heavy atom. The van der Waals surface area contributed by atoms with E-state index in [2.05, 4.69) is 211 Å². The van der Waals surface area contributed by atoms with Crippen molar-refractivity contribution in [2.24, 2.45) is 0 Å². The van der Waals surface area contributed by atoms with Crippen molar-refractivity contribution in [1.82, 2.24) is 0 Å². The summed E-state index contributed by atoms with van der Waals surface area (Å²) in [6.07, 6.45) is 0. The summed E-state index contributed by atoms with van der Waals surface area (Å²) in [4.78, 5) is 2.34. The van der Waals surface area contributed by atoms with Crippen molar-refractivity contribution < 1.29 is 4.42 Å². The van der Waals surface area contributed by atoms with Crippen LogP contribution in [0.2, 0.25) is 0 Å². The molecule has 246 valence electrons. The van der Waals surface area contributed by atoms with Gasteiger partial charge in [-0.25, -0.2) is 0 Å². The third kappa shape index (κ3) is 5.97. The van der Waals surface area contributed by atoms with Crippen LogP contribution >= 0.6 is 0 Å². The third-order valence-electron chi connectivity index (χ3n) is 9.71. The van der Waals surface area contributed by atoms with Gasteiger partial charge in [-0.05, 0) is 87.5 Å². The van der Waals surface area contributed by atoms with E-state index in [1.165, 1.54) is 33.4 Å². The number of hydrogen-bond acceptors (Lipinski definition) is 2. The molecule has 0 bridgehead atoms. The molecule has 0 atom stereocenters. The summed E-state index contributed by atoms with van der Waals surface area (Å²) in [6, 6.07) is 75.1. The molecule has 2 nitrogen and oxygen atoms in total. The fourth-order valence-electron chi connectivity index (χ4n) is 7.16. The van der Waals surface area contributed by atoms with Gasteiger partial charge in [0, 0.05) is 27.9 Å². The monoisotopic (exact) mass is 665 g/mol. The van der Waals surface area contributed by atoms with Gasteiger partial charge in [0.2, 0.25) is 0 Å². The van der Waals surface area contributed by atoms with E-state index < -0.39 is 0 Å². The molecule has 52 heavy (non-hydrogen) atoms. The minimum absolute atomic E-state index is 0.842. The highest BCUT2D eigenvalue weighted by molar-refractivity contribution is 6.04. The quantitative estimate of drug-likeness (QED) is 0.161. The molecule has 1 heterocycles. The molecule has 0 spiro atoms. The Balaban J connectivity index is 1.22. The van der Waals surface area contributed by atoms with Crippen LogP contribution in [0.25, 0.3) is 66.8 Å². The zero-order valence-corrected chi connectivity index (χ0v) is 28.6. The normalized spacial score (nSPS) is 11.1. The van der Waals surface area contributed by atoms with Gasteiger partial charge in [-0.15, -0.1) is 0 Å². The van der Waals surface area contributed by atoms with Gasteiger partial charge in [0.25, 0.3) is 0 Å². The first-order valence-electron chi connectivity index (χ1n) is 17.7. The van der Waals surface area contributed by atoms with Crippen LogP contribution in [0.1, 0.15) is 0 Å². The smallest absolute Gasteiger partial charge is 0.145 e. The summed E-state index contributed by atoms with van der Waals surface area (Å²) in [5.41, 5.74) is 14.3. The molecule has 9 aromatic rings. The number of benzene rings is 8. The van der Waals surface area contributed by atoms with Gasteiger partial charge in [-0.2, -0.15) is 0 Å². The lowest BCUT2D eigenvalue weighted by molar-refractivity contribution is 0.632. The van der Waals surface area contributed by atoms with Crippen LogP contribution < -0.4 is 4.90 Å². The highest BCUT2D eigenvalue weighted by Crippen LogP contribution is 2.47. The number of hydrogen-bond donors (Lipinski definition) is 0. The highest BCUT2D eigenvalue weighted by Gasteiger charge is 2.24. The minimum Gasteiger partial charge on any atom is -0.455 e. The number of rotatable bonds is 8. The zero-order chi connectivity index (χ0) is 34.7. The van der Waals surface area contributed by atoms with E-state index >= 15 is 0 Å². The standard InChI is InChI=1S/C50H35NO/c1-4-15-36(16-5-1)39-27-31-43(32-28-39)51(44-33-29-40(30-34-44)37-17-6-2-7-18-37)47-25-12-10-23-45(47)50-49(46-24-11-13-26-48(46)52-50)42-22-14-21-41(35-42)38-19-8-3-9-20-38/h1-35H. The molecule has 1 aromatic heterocycles. The maximum absolute atomic E-state index is 6.88. The molecule has 0 fully saturated rings. The van der Waals surface area contributed by atoms with Crippen LogP contribution in [0.3, 0.4) is 0 Å². The lowest BCUT2D eigenvalue weighted by Crippen LogP contribution is -2.11. The van der Waals surface area contributed by atoms with E-state index in [9.17, 15) is 0 Å². The van der Waals surface area contributed by atoms with Crippen molar-refractivity contribution >= 4 is 28.0 Å². The Kier molecular flexibility index (Phi) is 8.24. The zero-order valence-electron chi connectivity index (χ0n) is 28.6. The number of fused-ring (bicyclic) bond motifs is 1. The first kappa shape index (κ1) is 31.1. The predicted molar refractivity (Wildman–Crippen MR) is 218 cm³/mol. The predicted octanol–water partition coefficient (Wildman–Crippen LogP) is 14.2. The molecule has 0 amide bonds. The lowest BCUT2D eigenvalue weighted by Gasteiger charge is -2.28. The van der Waals surface area contributed by atoms with E-state index in [4.69, 9.17) is 4.42 Å². The average Bonchev–Trinajstić information content (AvgIpc) is 3.62. The van der Waals surface area contributed by atoms with Gasteiger partial charge >= 0.3 is 0 Å². The Bertz CT molecular complexity index is 2510. The molecule has 0 saturated heterocycles. The fourth-order valence-corrected chi connectivity index (χ4v) is 7.16. The molecule has 0 N–H and O–H groups in total. The van der Waals surface area contributed by atoms with Gasteiger partial charge in [0.15, 0.2) is 0 Å². The number of furan rings is 1. The van der Waals surface area contributed by atoms with Crippen LogP contribution in [0, 0.1) is 0 Å². The summed E-state index contributed by atoms with van der Waals surface area (Å²) in [5, 5.41) is 1.09. The van der Waals surface area contributed by atoms with Gasteiger partial charge < -0.3 is 9.32 Å². The molecule has 9 rings (SSSR count). The summed E-state index contributed by atoms with van der Waals surface area (Å²) in [5.74, 6) is 0.842. The Morgan fingerprint density at radius 2 is 0.769 bits per heavy atom.